The second-order valence-corrected chi connectivity index (χ2v) is 5.85. The van der Waals surface area contributed by atoms with Crippen molar-refractivity contribution in [2.24, 2.45) is 5.73 Å². The Morgan fingerprint density at radius 2 is 1.96 bits per heavy atom. The summed E-state index contributed by atoms with van der Waals surface area (Å²) in [5.74, 6) is 0.734. The maximum atomic E-state index is 12.2. The minimum atomic E-state index is -0.526. The van der Waals surface area contributed by atoms with Gasteiger partial charge in [0, 0.05) is 0 Å². The topological polar surface area (TPSA) is 111 Å². The van der Waals surface area contributed by atoms with Crippen LogP contribution in [0, 0.1) is 0 Å². The number of rotatable bonds is 4. The first-order chi connectivity index (χ1) is 10.6. The molecule has 0 radical (unpaired) electrons. The van der Waals surface area contributed by atoms with E-state index < -0.39 is 5.54 Å². The molecule has 1 aliphatic carbocycles. The van der Waals surface area contributed by atoms with Crippen LogP contribution in [0.25, 0.3) is 11.5 Å². The summed E-state index contributed by atoms with van der Waals surface area (Å²) in [5.41, 5.74) is 7.66. The van der Waals surface area contributed by atoms with Crippen molar-refractivity contribution in [3.63, 3.8) is 0 Å². The smallest absolute Gasteiger partial charge is 0.277 e. The molecule has 1 aliphatic rings. The largest absolute Gasteiger partial charge is 0.334 e. The van der Waals surface area contributed by atoms with E-state index in [2.05, 4.69) is 20.3 Å². The van der Waals surface area contributed by atoms with Crippen LogP contribution in [-0.2, 0) is 18.4 Å². The van der Waals surface area contributed by atoms with Gasteiger partial charge < -0.3 is 10.3 Å². The minimum absolute atomic E-state index is 0. The van der Waals surface area contributed by atoms with Crippen LogP contribution in [0.1, 0.15) is 56.6 Å². The van der Waals surface area contributed by atoms with Gasteiger partial charge in [-0.1, -0.05) is 31.8 Å². The molecule has 0 spiro atoms. The average Bonchev–Trinajstić information content (AvgIpc) is 3.16. The average molecular weight is 340 g/mol. The summed E-state index contributed by atoms with van der Waals surface area (Å²) in [4.78, 5) is 16.6. The van der Waals surface area contributed by atoms with Crippen LogP contribution in [0.4, 0.5) is 0 Å². The van der Waals surface area contributed by atoms with Crippen molar-refractivity contribution in [3.8, 4) is 11.5 Å². The molecule has 2 aromatic heterocycles. The first-order valence-electron chi connectivity index (χ1n) is 7.83. The van der Waals surface area contributed by atoms with Crippen LogP contribution in [-0.4, -0.2) is 20.3 Å². The number of aromatic amines is 1. The molecule has 126 valence electrons. The van der Waals surface area contributed by atoms with E-state index >= 15 is 0 Å². The van der Waals surface area contributed by atoms with Crippen molar-refractivity contribution < 1.29 is 4.52 Å². The molecular formula is C15H22ClN5O2. The molecule has 7 nitrogen and oxygen atoms in total. The highest BCUT2D eigenvalue weighted by molar-refractivity contribution is 5.85. The molecule has 2 aromatic rings. The molecule has 3 N–H and O–H groups in total. The summed E-state index contributed by atoms with van der Waals surface area (Å²) in [6, 6.07) is 0. The second kappa shape index (κ2) is 6.80. The summed E-state index contributed by atoms with van der Waals surface area (Å²) >= 11 is 0. The predicted octanol–water partition coefficient (Wildman–Crippen LogP) is 2.09. The summed E-state index contributed by atoms with van der Waals surface area (Å²) < 4.78 is 5.36. The van der Waals surface area contributed by atoms with Crippen LogP contribution in [0.5, 0.6) is 0 Å². The standard InChI is InChI=1S/C15H21N5O2.ClH/c1-3-9-10(4-2)18-19-12(21)11(9)13-17-14(20-22-13)15(16)7-5-6-8-15;/h3-8,16H2,1-2H3,(H,19,21);1H. The first kappa shape index (κ1) is 17.6. The van der Waals surface area contributed by atoms with E-state index in [-0.39, 0.29) is 23.9 Å². The Hall–Kier alpha value is -1.73. The number of nitrogens with one attached hydrogen (secondary N) is 1. The molecule has 3 rings (SSSR count). The van der Waals surface area contributed by atoms with Crippen molar-refractivity contribution in [2.45, 2.75) is 57.9 Å². The number of H-pyrrole nitrogens is 1. The van der Waals surface area contributed by atoms with Crippen molar-refractivity contribution in [2.75, 3.05) is 0 Å². The molecule has 0 aliphatic heterocycles. The van der Waals surface area contributed by atoms with Gasteiger partial charge in [0.25, 0.3) is 11.4 Å². The molecule has 0 unspecified atom stereocenters. The third kappa shape index (κ3) is 3.03. The monoisotopic (exact) mass is 339 g/mol. The number of hydrogen-bond acceptors (Lipinski definition) is 6. The van der Waals surface area contributed by atoms with Crippen molar-refractivity contribution in [3.05, 3.63) is 27.4 Å². The lowest BCUT2D eigenvalue weighted by Crippen LogP contribution is -2.34. The van der Waals surface area contributed by atoms with Crippen LogP contribution in [0.3, 0.4) is 0 Å². The Kier molecular flexibility index (Phi) is 5.21. The van der Waals surface area contributed by atoms with Crippen molar-refractivity contribution >= 4 is 12.4 Å². The molecule has 23 heavy (non-hydrogen) atoms. The van der Waals surface area contributed by atoms with E-state index in [1.807, 2.05) is 13.8 Å². The van der Waals surface area contributed by atoms with Gasteiger partial charge in [0.15, 0.2) is 5.82 Å². The van der Waals surface area contributed by atoms with Crippen LogP contribution < -0.4 is 11.3 Å². The number of halogens is 1. The van der Waals surface area contributed by atoms with Gasteiger partial charge in [0.05, 0.1) is 11.2 Å². The lowest BCUT2D eigenvalue weighted by Gasteiger charge is -2.17. The van der Waals surface area contributed by atoms with E-state index in [9.17, 15) is 4.79 Å². The predicted molar refractivity (Wildman–Crippen MR) is 88.5 cm³/mol. The van der Waals surface area contributed by atoms with E-state index in [4.69, 9.17) is 10.3 Å². The zero-order chi connectivity index (χ0) is 15.7. The molecule has 0 saturated heterocycles. The number of nitrogens with two attached hydrogens (primary N) is 1. The third-order valence-corrected chi connectivity index (χ3v) is 4.44. The maximum absolute atomic E-state index is 12.2. The van der Waals surface area contributed by atoms with Gasteiger partial charge in [-0.25, -0.2) is 5.10 Å². The summed E-state index contributed by atoms with van der Waals surface area (Å²) in [6.07, 6.45) is 5.24. The fourth-order valence-electron chi connectivity index (χ4n) is 3.18. The molecule has 8 heteroatoms. The lowest BCUT2D eigenvalue weighted by molar-refractivity contribution is 0.372. The van der Waals surface area contributed by atoms with Crippen molar-refractivity contribution in [1.29, 1.82) is 0 Å². The van der Waals surface area contributed by atoms with Gasteiger partial charge in [-0.05, 0) is 31.2 Å². The Balaban J connectivity index is 0.00000192. The molecule has 0 bridgehead atoms. The van der Waals surface area contributed by atoms with Crippen LogP contribution >= 0.6 is 12.4 Å². The Morgan fingerprint density at radius 1 is 1.26 bits per heavy atom. The number of hydrogen-bond donors (Lipinski definition) is 2. The maximum Gasteiger partial charge on any atom is 0.277 e. The molecule has 1 saturated carbocycles. The third-order valence-electron chi connectivity index (χ3n) is 4.44. The lowest BCUT2D eigenvalue weighted by atomic mass is 9.98. The molecule has 0 aromatic carbocycles. The fraction of sp³-hybridized carbons (Fsp3) is 0.600. The number of aromatic nitrogens is 4. The molecule has 0 atom stereocenters. The normalized spacial score (nSPS) is 16.3. The van der Waals surface area contributed by atoms with Crippen LogP contribution in [0.2, 0.25) is 0 Å². The summed E-state index contributed by atoms with van der Waals surface area (Å²) in [5, 5.41) is 10.6. The molecular weight excluding hydrogens is 318 g/mol. The van der Waals surface area contributed by atoms with E-state index in [0.717, 1.165) is 43.4 Å². The quantitative estimate of drug-likeness (QED) is 0.882. The van der Waals surface area contributed by atoms with Gasteiger partial charge in [-0.2, -0.15) is 10.1 Å². The van der Waals surface area contributed by atoms with Crippen LogP contribution in [0.15, 0.2) is 9.32 Å². The number of aryl methyl sites for hydroxylation is 1. The summed E-state index contributed by atoms with van der Waals surface area (Å²) in [6.45, 7) is 3.98. The van der Waals surface area contributed by atoms with Gasteiger partial charge in [-0.15, -0.1) is 12.4 Å². The zero-order valence-electron chi connectivity index (χ0n) is 13.4. The SMILES string of the molecule is CCc1n[nH]c(=O)c(-c2nc(C3(N)CCCC3)no2)c1CC.Cl. The van der Waals surface area contributed by atoms with Gasteiger partial charge in [0.1, 0.15) is 5.56 Å². The molecule has 1 fully saturated rings. The highest BCUT2D eigenvalue weighted by Gasteiger charge is 2.36. The van der Waals surface area contributed by atoms with E-state index in [0.29, 0.717) is 17.8 Å². The Labute approximate surface area is 140 Å². The van der Waals surface area contributed by atoms with E-state index in [1.165, 1.54) is 0 Å². The highest BCUT2D eigenvalue weighted by Crippen LogP contribution is 2.35. The Bertz CT molecular complexity index is 734. The highest BCUT2D eigenvalue weighted by atomic mass is 35.5. The minimum Gasteiger partial charge on any atom is -0.334 e. The zero-order valence-corrected chi connectivity index (χ0v) is 14.2. The molecule has 2 heterocycles. The van der Waals surface area contributed by atoms with E-state index in [1.54, 1.807) is 0 Å². The second-order valence-electron chi connectivity index (χ2n) is 5.85. The van der Waals surface area contributed by atoms with Gasteiger partial charge in [-0.3, -0.25) is 4.79 Å². The van der Waals surface area contributed by atoms with Gasteiger partial charge >= 0.3 is 0 Å². The van der Waals surface area contributed by atoms with Crippen molar-refractivity contribution in [1.82, 2.24) is 20.3 Å². The Morgan fingerprint density at radius 3 is 2.57 bits per heavy atom. The summed E-state index contributed by atoms with van der Waals surface area (Å²) in [7, 11) is 0. The fourth-order valence-corrected chi connectivity index (χ4v) is 3.18. The number of nitrogens with zero attached hydrogens (tertiary/aromatic N) is 3. The molecule has 0 amide bonds. The van der Waals surface area contributed by atoms with Gasteiger partial charge in [0.2, 0.25) is 0 Å². The first-order valence-corrected chi connectivity index (χ1v) is 7.83.